The molecule has 9 nitrogen and oxygen atoms in total. The van der Waals surface area contributed by atoms with Gasteiger partial charge in [-0.05, 0) is 31.2 Å². The number of esters is 1. The van der Waals surface area contributed by atoms with E-state index in [4.69, 9.17) is 27.9 Å². The van der Waals surface area contributed by atoms with Gasteiger partial charge in [0.25, 0.3) is 11.6 Å². The third-order valence-corrected chi connectivity index (χ3v) is 4.36. The van der Waals surface area contributed by atoms with E-state index in [2.05, 4.69) is 10.6 Å². The number of anilines is 2. The number of nitro benzene ring substituents is 1. The first-order chi connectivity index (χ1) is 14.2. The van der Waals surface area contributed by atoms with Gasteiger partial charge in [0.1, 0.15) is 0 Å². The van der Waals surface area contributed by atoms with Gasteiger partial charge in [-0.15, -0.1) is 0 Å². The number of carbonyl (C=O) groups is 3. The molecule has 0 aliphatic rings. The Morgan fingerprint density at radius 1 is 1.03 bits per heavy atom. The zero-order valence-corrected chi connectivity index (χ0v) is 17.2. The number of nitrogens with one attached hydrogen (secondary N) is 2. The van der Waals surface area contributed by atoms with Crippen molar-refractivity contribution < 1.29 is 24.0 Å². The molecule has 2 aromatic rings. The minimum Gasteiger partial charge on any atom is -0.456 e. The molecule has 158 valence electrons. The van der Waals surface area contributed by atoms with Gasteiger partial charge in [-0.25, -0.2) is 0 Å². The molecule has 2 aromatic carbocycles. The Labute approximate surface area is 181 Å². The number of hydrogen-bond acceptors (Lipinski definition) is 6. The molecule has 11 heteroatoms. The summed E-state index contributed by atoms with van der Waals surface area (Å²) in [6, 6.07) is 8.74. The summed E-state index contributed by atoms with van der Waals surface area (Å²) < 4.78 is 4.81. The maximum atomic E-state index is 11.9. The predicted octanol–water partition coefficient (Wildman–Crippen LogP) is 4.11. The zero-order chi connectivity index (χ0) is 22.3. The van der Waals surface area contributed by atoms with E-state index >= 15 is 0 Å². The topological polar surface area (TPSA) is 128 Å². The van der Waals surface area contributed by atoms with E-state index in [0.29, 0.717) is 16.3 Å². The molecule has 0 aliphatic carbocycles. The van der Waals surface area contributed by atoms with Gasteiger partial charge in [0, 0.05) is 28.8 Å². The maximum absolute atomic E-state index is 11.9. The lowest BCUT2D eigenvalue weighted by Crippen LogP contribution is -2.22. The van der Waals surface area contributed by atoms with E-state index in [-0.39, 0.29) is 29.2 Å². The highest BCUT2D eigenvalue weighted by molar-refractivity contribution is 6.36. The Balaban J connectivity index is 1.76. The van der Waals surface area contributed by atoms with Crippen molar-refractivity contribution in [1.29, 1.82) is 0 Å². The molecule has 0 atom stereocenters. The summed E-state index contributed by atoms with van der Waals surface area (Å²) in [5, 5.41) is 16.5. The second-order valence-corrected chi connectivity index (χ2v) is 6.98. The van der Waals surface area contributed by atoms with Crippen LogP contribution in [0.15, 0.2) is 36.4 Å². The third kappa shape index (κ3) is 7.02. The minimum atomic E-state index is -0.752. The predicted molar refractivity (Wildman–Crippen MR) is 112 cm³/mol. The molecule has 0 unspecified atom stereocenters. The van der Waals surface area contributed by atoms with Gasteiger partial charge in [0.05, 0.1) is 22.1 Å². The Morgan fingerprint density at radius 2 is 1.77 bits per heavy atom. The summed E-state index contributed by atoms with van der Waals surface area (Å²) in [6.07, 6.45) is -0.427. The van der Waals surface area contributed by atoms with E-state index in [9.17, 15) is 24.5 Å². The molecule has 30 heavy (non-hydrogen) atoms. The summed E-state index contributed by atoms with van der Waals surface area (Å²) in [7, 11) is 0. The van der Waals surface area contributed by atoms with Crippen LogP contribution in [0.2, 0.25) is 10.0 Å². The van der Waals surface area contributed by atoms with Gasteiger partial charge in [-0.1, -0.05) is 29.3 Å². The van der Waals surface area contributed by atoms with E-state index < -0.39 is 29.3 Å². The largest absolute Gasteiger partial charge is 0.456 e. The SMILES string of the molecule is Cc1ccc(NC(=O)COC(=O)CCC(=O)Nc2ccc(Cl)cc2Cl)cc1[N+](=O)[O-]. The van der Waals surface area contributed by atoms with Gasteiger partial charge >= 0.3 is 5.97 Å². The summed E-state index contributed by atoms with van der Waals surface area (Å²) in [5.74, 6) is -1.89. The smallest absolute Gasteiger partial charge is 0.306 e. The van der Waals surface area contributed by atoms with Crippen LogP contribution in [-0.4, -0.2) is 29.3 Å². The highest BCUT2D eigenvalue weighted by Crippen LogP contribution is 2.25. The van der Waals surface area contributed by atoms with Crippen molar-refractivity contribution in [3.63, 3.8) is 0 Å². The van der Waals surface area contributed by atoms with Crippen LogP contribution in [0.1, 0.15) is 18.4 Å². The Kier molecular flexibility index (Phi) is 8.14. The molecule has 0 aliphatic heterocycles. The number of aryl methyl sites for hydroxylation is 1. The molecule has 0 heterocycles. The lowest BCUT2D eigenvalue weighted by atomic mass is 10.2. The summed E-state index contributed by atoms with van der Waals surface area (Å²) in [5.41, 5.74) is 0.859. The molecule has 2 rings (SSSR count). The van der Waals surface area contributed by atoms with Crippen LogP contribution in [0.4, 0.5) is 17.1 Å². The number of rotatable bonds is 8. The van der Waals surface area contributed by atoms with Crippen molar-refractivity contribution in [2.24, 2.45) is 0 Å². The van der Waals surface area contributed by atoms with Crippen LogP contribution in [0.25, 0.3) is 0 Å². The Hall–Kier alpha value is -3.17. The molecule has 0 aromatic heterocycles. The first-order valence-corrected chi connectivity index (χ1v) is 9.36. The number of hydrogen-bond donors (Lipinski definition) is 2. The highest BCUT2D eigenvalue weighted by Gasteiger charge is 2.14. The molecular weight excluding hydrogens is 437 g/mol. The van der Waals surface area contributed by atoms with Crippen molar-refractivity contribution in [3.8, 4) is 0 Å². The van der Waals surface area contributed by atoms with Crippen molar-refractivity contribution in [2.75, 3.05) is 17.2 Å². The summed E-state index contributed by atoms with van der Waals surface area (Å²) >= 11 is 11.7. The van der Waals surface area contributed by atoms with Gasteiger partial charge in [0.15, 0.2) is 6.61 Å². The number of ether oxygens (including phenoxy) is 1. The van der Waals surface area contributed by atoms with Gasteiger partial charge in [-0.2, -0.15) is 0 Å². The minimum absolute atomic E-state index is 0.142. The summed E-state index contributed by atoms with van der Waals surface area (Å²) in [6.45, 7) is 0.980. The van der Waals surface area contributed by atoms with Crippen molar-refractivity contribution in [2.45, 2.75) is 19.8 Å². The monoisotopic (exact) mass is 453 g/mol. The number of halogens is 2. The van der Waals surface area contributed by atoms with Crippen LogP contribution in [0.5, 0.6) is 0 Å². The van der Waals surface area contributed by atoms with Gasteiger partial charge < -0.3 is 15.4 Å². The molecule has 0 bridgehead atoms. The average Bonchev–Trinajstić information content (AvgIpc) is 2.68. The molecule has 0 radical (unpaired) electrons. The number of benzene rings is 2. The Morgan fingerprint density at radius 3 is 2.43 bits per heavy atom. The van der Waals surface area contributed by atoms with Crippen LogP contribution >= 0.6 is 23.2 Å². The maximum Gasteiger partial charge on any atom is 0.306 e. The lowest BCUT2D eigenvalue weighted by molar-refractivity contribution is -0.385. The fourth-order valence-corrected chi connectivity index (χ4v) is 2.77. The summed E-state index contributed by atoms with van der Waals surface area (Å²) in [4.78, 5) is 45.9. The molecule has 0 saturated carbocycles. The molecular formula is C19H17Cl2N3O6. The van der Waals surface area contributed by atoms with E-state index in [0.717, 1.165) is 0 Å². The second kappa shape index (κ2) is 10.6. The quantitative estimate of drug-likeness (QED) is 0.351. The van der Waals surface area contributed by atoms with Crippen molar-refractivity contribution in [1.82, 2.24) is 0 Å². The first-order valence-electron chi connectivity index (χ1n) is 8.61. The lowest BCUT2D eigenvalue weighted by Gasteiger charge is -2.08. The molecule has 0 spiro atoms. The fraction of sp³-hybridized carbons (Fsp3) is 0.211. The van der Waals surface area contributed by atoms with E-state index in [1.165, 1.54) is 30.3 Å². The first kappa shape index (κ1) is 23.1. The van der Waals surface area contributed by atoms with E-state index in [1.54, 1.807) is 13.0 Å². The van der Waals surface area contributed by atoms with Crippen molar-refractivity contribution in [3.05, 3.63) is 62.1 Å². The average molecular weight is 454 g/mol. The number of amides is 2. The standard InChI is InChI=1S/C19H17Cl2N3O6/c1-11-2-4-13(9-16(11)24(28)29)22-18(26)10-30-19(27)7-6-17(25)23-15-5-3-12(20)8-14(15)21/h2-5,8-9H,6-7,10H2,1H3,(H,22,26)(H,23,25). The third-order valence-electron chi connectivity index (χ3n) is 3.82. The van der Waals surface area contributed by atoms with E-state index in [1.807, 2.05) is 0 Å². The number of carbonyl (C=O) groups excluding carboxylic acids is 3. The zero-order valence-electron chi connectivity index (χ0n) is 15.7. The molecule has 2 N–H and O–H groups in total. The normalized spacial score (nSPS) is 10.2. The van der Waals surface area contributed by atoms with Gasteiger partial charge in [-0.3, -0.25) is 24.5 Å². The second-order valence-electron chi connectivity index (χ2n) is 6.14. The van der Waals surface area contributed by atoms with Crippen LogP contribution in [-0.2, 0) is 19.1 Å². The molecule has 2 amide bonds. The van der Waals surface area contributed by atoms with Gasteiger partial charge in [0.2, 0.25) is 5.91 Å². The Bertz CT molecular complexity index is 996. The molecule has 0 fully saturated rings. The number of nitro groups is 1. The molecule has 0 saturated heterocycles. The highest BCUT2D eigenvalue weighted by atomic mass is 35.5. The van der Waals surface area contributed by atoms with Crippen molar-refractivity contribution >= 4 is 58.0 Å². The fourth-order valence-electron chi connectivity index (χ4n) is 2.32. The van der Waals surface area contributed by atoms with Crippen LogP contribution < -0.4 is 10.6 Å². The van der Waals surface area contributed by atoms with Crippen LogP contribution in [0, 0.1) is 17.0 Å². The number of nitrogens with zero attached hydrogens (tertiary/aromatic N) is 1. The van der Waals surface area contributed by atoms with Crippen LogP contribution in [0.3, 0.4) is 0 Å².